The summed E-state index contributed by atoms with van der Waals surface area (Å²) in [6.07, 6.45) is 1.16. The molecule has 3 N–H and O–H groups in total. The highest BCUT2D eigenvalue weighted by molar-refractivity contribution is 8.26. The highest BCUT2D eigenvalue weighted by Gasteiger charge is 2.41. The van der Waals surface area contributed by atoms with Gasteiger partial charge in [-0.3, -0.25) is 9.11 Å². The molecule has 0 amide bonds. The summed E-state index contributed by atoms with van der Waals surface area (Å²) in [6.45, 7) is 0.733. The maximum absolute atomic E-state index is 13.6. The predicted octanol–water partition coefficient (Wildman–Crippen LogP) is 4.35. The first-order valence-electron chi connectivity index (χ1n) is 7.77. The summed E-state index contributed by atoms with van der Waals surface area (Å²) in [5.41, 5.74) is 0.264. The highest BCUT2D eigenvalue weighted by atomic mass is 32.3. The molecule has 1 aliphatic rings. The van der Waals surface area contributed by atoms with Gasteiger partial charge in [-0.2, -0.15) is 0 Å². The average Bonchev–Trinajstić information content (AvgIpc) is 2.56. The highest BCUT2D eigenvalue weighted by Crippen LogP contribution is 2.61. The zero-order chi connectivity index (χ0) is 17.2. The molecule has 2 aromatic rings. The van der Waals surface area contributed by atoms with Crippen molar-refractivity contribution in [1.29, 1.82) is 0 Å². The van der Waals surface area contributed by atoms with Gasteiger partial charge in [0.2, 0.25) is 5.44 Å². The Labute approximate surface area is 142 Å². The monoisotopic (exact) mass is 352 g/mol. The Hall–Kier alpha value is -1.80. The van der Waals surface area contributed by atoms with Crippen molar-refractivity contribution in [1.82, 2.24) is 5.32 Å². The van der Waals surface area contributed by atoms with E-state index in [9.17, 15) is 13.5 Å². The van der Waals surface area contributed by atoms with Gasteiger partial charge in [-0.05, 0) is 44.3 Å². The van der Waals surface area contributed by atoms with E-state index >= 15 is 0 Å². The van der Waals surface area contributed by atoms with Crippen molar-refractivity contribution in [3.63, 3.8) is 0 Å². The Morgan fingerprint density at radius 3 is 2.67 bits per heavy atom. The second-order valence-corrected chi connectivity index (χ2v) is 7.61. The molecule has 1 aliphatic heterocycles. The summed E-state index contributed by atoms with van der Waals surface area (Å²) >= 11 is 0. The molecule has 3 rings (SSSR count). The van der Waals surface area contributed by atoms with Crippen molar-refractivity contribution in [2.45, 2.75) is 18.3 Å². The summed E-state index contributed by atoms with van der Waals surface area (Å²) in [5.74, 6) is -0.103. The Balaban J connectivity index is 2.03. The lowest BCUT2D eigenvalue weighted by atomic mass is 10.2. The Bertz CT molecular complexity index is 699. The van der Waals surface area contributed by atoms with Crippen molar-refractivity contribution >= 4 is 22.2 Å². The third-order valence-electron chi connectivity index (χ3n) is 3.88. The number of nitrogens with zero attached hydrogens (tertiary/aromatic N) is 1. The van der Waals surface area contributed by atoms with Crippen LogP contribution in [0.1, 0.15) is 12.8 Å². The van der Waals surface area contributed by atoms with E-state index < -0.39 is 22.0 Å². The molecule has 0 radical (unpaired) electrons. The van der Waals surface area contributed by atoms with Gasteiger partial charge in [0, 0.05) is 12.5 Å². The number of ether oxygens (including phenoxy) is 1. The smallest absolute Gasteiger partial charge is 0.206 e. The number of rotatable bonds is 5. The molecule has 2 aromatic carbocycles. The second kappa shape index (κ2) is 6.98. The Morgan fingerprint density at radius 2 is 1.96 bits per heavy atom. The van der Waals surface area contributed by atoms with Crippen LogP contribution >= 0.6 is 10.8 Å². The third kappa shape index (κ3) is 3.21. The maximum Gasteiger partial charge on any atom is 0.206 e. The van der Waals surface area contributed by atoms with E-state index in [0.717, 1.165) is 6.54 Å². The molecular formula is C17H21FN2O3S. The van der Waals surface area contributed by atoms with E-state index in [-0.39, 0.29) is 0 Å². The summed E-state index contributed by atoms with van der Waals surface area (Å²) in [5, 5.41) is 3.02. The topological polar surface area (TPSA) is 65.0 Å². The van der Waals surface area contributed by atoms with Gasteiger partial charge in [0.15, 0.2) is 5.75 Å². The first-order chi connectivity index (χ1) is 11.5. The molecule has 0 aliphatic carbocycles. The van der Waals surface area contributed by atoms with Crippen LogP contribution in [0.2, 0.25) is 0 Å². The summed E-state index contributed by atoms with van der Waals surface area (Å²) in [4.78, 5) is 0. The molecule has 0 bridgehead atoms. The normalized spacial score (nSPS) is 20.2. The first-order valence-corrected chi connectivity index (χ1v) is 9.34. The van der Waals surface area contributed by atoms with E-state index in [1.54, 1.807) is 12.1 Å². The lowest BCUT2D eigenvalue weighted by molar-refractivity contribution is 0.235. The van der Waals surface area contributed by atoms with Gasteiger partial charge in [-0.1, -0.05) is 29.0 Å². The molecule has 0 unspecified atom stereocenters. The SMILES string of the molecule is CNCCC[C@H]1Oc2cc(F)ccc2N(c2ccccc2)S1(O)O. The largest absolute Gasteiger partial charge is 0.466 e. The van der Waals surface area contributed by atoms with Crippen LogP contribution in [0, 0.1) is 5.82 Å². The van der Waals surface area contributed by atoms with E-state index in [0.29, 0.717) is 30.0 Å². The van der Waals surface area contributed by atoms with Crippen molar-refractivity contribution in [3.8, 4) is 5.75 Å². The first kappa shape index (κ1) is 17.0. The van der Waals surface area contributed by atoms with Crippen LogP contribution < -0.4 is 14.4 Å². The molecule has 0 saturated heterocycles. The molecule has 130 valence electrons. The third-order valence-corrected chi connectivity index (χ3v) is 5.86. The summed E-state index contributed by atoms with van der Waals surface area (Å²) in [6, 6.07) is 13.1. The number of benzene rings is 2. The van der Waals surface area contributed by atoms with Gasteiger partial charge < -0.3 is 10.1 Å². The molecule has 0 fully saturated rings. The standard InChI is InChI=1S/C17H21FN2O3S/c1-19-11-5-8-17-23-16-12-13(18)9-10-15(16)20(24(17,21)22)14-6-3-2-4-7-14/h2-4,6-7,9-10,12,17,19,21-22H,5,8,11H2,1H3/t17-/m0/s1. The van der Waals surface area contributed by atoms with E-state index in [2.05, 4.69) is 5.32 Å². The fourth-order valence-corrected chi connectivity index (χ4v) is 4.56. The number of halogens is 1. The fourth-order valence-electron chi connectivity index (χ4n) is 2.74. The number of hydrogen-bond acceptors (Lipinski definition) is 5. The summed E-state index contributed by atoms with van der Waals surface area (Å²) in [7, 11) is -1.43. The molecule has 0 saturated carbocycles. The van der Waals surface area contributed by atoms with Gasteiger partial charge in [-0.25, -0.2) is 8.70 Å². The van der Waals surface area contributed by atoms with Gasteiger partial charge in [0.05, 0.1) is 5.69 Å². The lowest BCUT2D eigenvalue weighted by Crippen LogP contribution is -2.39. The van der Waals surface area contributed by atoms with Crippen molar-refractivity contribution < 1.29 is 18.2 Å². The number of para-hydroxylation sites is 1. The Kier molecular flexibility index (Phi) is 4.96. The number of anilines is 2. The van der Waals surface area contributed by atoms with Crippen LogP contribution in [-0.2, 0) is 0 Å². The second-order valence-electron chi connectivity index (χ2n) is 5.60. The Morgan fingerprint density at radius 1 is 1.21 bits per heavy atom. The lowest BCUT2D eigenvalue weighted by Gasteiger charge is -2.51. The minimum Gasteiger partial charge on any atom is -0.466 e. The van der Waals surface area contributed by atoms with Crippen LogP contribution in [0.25, 0.3) is 0 Å². The molecule has 0 aromatic heterocycles. The van der Waals surface area contributed by atoms with Gasteiger partial charge in [0.1, 0.15) is 11.5 Å². The molecule has 1 atom stereocenters. The van der Waals surface area contributed by atoms with Crippen molar-refractivity contribution in [3.05, 3.63) is 54.3 Å². The van der Waals surface area contributed by atoms with Crippen LogP contribution in [0.3, 0.4) is 0 Å². The molecule has 5 nitrogen and oxygen atoms in total. The minimum absolute atomic E-state index is 0.319. The molecule has 0 spiro atoms. The molecule has 1 heterocycles. The minimum atomic E-state index is -3.26. The van der Waals surface area contributed by atoms with E-state index in [1.165, 1.54) is 22.5 Å². The van der Waals surface area contributed by atoms with Crippen molar-refractivity contribution in [2.24, 2.45) is 0 Å². The quantitative estimate of drug-likeness (QED) is 0.698. The van der Waals surface area contributed by atoms with Crippen LogP contribution in [0.5, 0.6) is 5.75 Å². The maximum atomic E-state index is 13.6. The summed E-state index contributed by atoms with van der Waals surface area (Å²) < 4.78 is 42.6. The fraction of sp³-hybridized carbons (Fsp3) is 0.294. The predicted molar refractivity (Wildman–Crippen MR) is 95.4 cm³/mol. The zero-order valence-electron chi connectivity index (χ0n) is 13.4. The van der Waals surface area contributed by atoms with Crippen molar-refractivity contribution in [2.75, 3.05) is 17.9 Å². The van der Waals surface area contributed by atoms with Gasteiger partial charge >= 0.3 is 0 Å². The number of fused-ring (bicyclic) bond motifs is 1. The number of nitrogens with one attached hydrogen (secondary N) is 1. The molecule has 24 heavy (non-hydrogen) atoms. The van der Waals surface area contributed by atoms with E-state index in [4.69, 9.17) is 4.74 Å². The van der Waals surface area contributed by atoms with Crippen LogP contribution in [-0.4, -0.2) is 28.1 Å². The van der Waals surface area contributed by atoms with E-state index in [1.807, 2.05) is 25.2 Å². The number of hydrogen-bond donors (Lipinski definition) is 3. The average molecular weight is 352 g/mol. The van der Waals surface area contributed by atoms with Gasteiger partial charge in [0.25, 0.3) is 0 Å². The van der Waals surface area contributed by atoms with Crippen LogP contribution in [0.4, 0.5) is 15.8 Å². The molecular weight excluding hydrogens is 331 g/mol. The van der Waals surface area contributed by atoms with Crippen LogP contribution in [0.15, 0.2) is 48.5 Å². The zero-order valence-corrected chi connectivity index (χ0v) is 14.2. The van der Waals surface area contributed by atoms with Gasteiger partial charge in [-0.15, -0.1) is 0 Å². The molecule has 7 heteroatoms.